The molecule has 6 heteroatoms. The van der Waals surface area contributed by atoms with Gasteiger partial charge in [-0.25, -0.2) is 15.8 Å². The number of nitrogens with zero attached hydrogens (tertiary/aromatic N) is 2. The maximum atomic E-state index is 5.21. The average Bonchev–Trinajstić information content (AvgIpc) is 2.71. The number of hydrogen-bond donors (Lipinski definition) is 2. The summed E-state index contributed by atoms with van der Waals surface area (Å²) in [6, 6.07) is 5.91. The second kappa shape index (κ2) is 4.41. The molecular formula is C8H8N4S2. The molecule has 72 valence electrons. The zero-order valence-electron chi connectivity index (χ0n) is 7.18. The number of nitrogen functional groups attached to an aromatic ring is 1. The minimum absolute atomic E-state index is 0.437. The first-order valence-corrected chi connectivity index (χ1v) is 5.59. The Morgan fingerprint density at radius 1 is 1.43 bits per heavy atom. The van der Waals surface area contributed by atoms with Gasteiger partial charge in [0.1, 0.15) is 5.03 Å². The van der Waals surface area contributed by atoms with Crippen LogP contribution in [0.3, 0.4) is 0 Å². The van der Waals surface area contributed by atoms with E-state index in [1.165, 1.54) is 4.21 Å². The highest BCUT2D eigenvalue weighted by molar-refractivity contribution is 8.01. The number of hydrazine groups is 1. The Labute approximate surface area is 89.6 Å². The quantitative estimate of drug-likeness (QED) is 0.474. The topological polar surface area (TPSA) is 63.8 Å². The van der Waals surface area contributed by atoms with Crippen LogP contribution in [0.1, 0.15) is 0 Å². The smallest absolute Gasteiger partial charge is 0.238 e. The molecule has 2 rings (SSSR count). The monoisotopic (exact) mass is 224 g/mol. The first kappa shape index (κ1) is 9.45. The molecule has 2 heterocycles. The number of aromatic nitrogens is 2. The van der Waals surface area contributed by atoms with E-state index >= 15 is 0 Å². The molecule has 0 fully saturated rings. The van der Waals surface area contributed by atoms with E-state index < -0.39 is 0 Å². The normalized spacial score (nSPS) is 10.1. The highest BCUT2D eigenvalue weighted by Gasteiger charge is 2.00. The molecule has 0 saturated heterocycles. The maximum absolute atomic E-state index is 5.21. The summed E-state index contributed by atoms with van der Waals surface area (Å²) in [5.41, 5.74) is 2.41. The summed E-state index contributed by atoms with van der Waals surface area (Å²) < 4.78 is 1.20. The average molecular weight is 224 g/mol. The number of thiophene rings is 1. The molecule has 0 saturated carbocycles. The Kier molecular flexibility index (Phi) is 2.97. The third kappa shape index (κ3) is 2.22. The molecule has 0 aromatic carbocycles. The van der Waals surface area contributed by atoms with Crippen LogP contribution < -0.4 is 11.3 Å². The zero-order chi connectivity index (χ0) is 9.80. The van der Waals surface area contributed by atoms with E-state index in [9.17, 15) is 0 Å². The lowest BCUT2D eigenvalue weighted by molar-refractivity contribution is 1.03. The molecule has 0 aliphatic rings. The fraction of sp³-hybridized carbons (Fsp3) is 0. The predicted molar refractivity (Wildman–Crippen MR) is 58.3 cm³/mol. The third-order valence-corrected chi connectivity index (χ3v) is 3.43. The van der Waals surface area contributed by atoms with Crippen molar-refractivity contribution < 1.29 is 0 Å². The van der Waals surface area contributed by atoms with Crippen molar-refractivity contribution in [2.24, 2.45) is 5.84 Å². The first-order valence-electron chi connectivity index (χ1n) is 3.89. The van der Waals surface area contributed by atoms with Crippen LogP contribution in [0.25, 0.3) is 0 Å². The lowest BCUT2D eigenvalue weighted by atomic mass is 10.7. The van der Waals surface area contributed by atoms with Crippen LogP contribution in [0.4, 0.5) is 5.95 Å². The minimum atomic E-state index is 0.437. The number of hydrogen-bond acceptors (Lipinski definition) is 6. The molecule has 0 aliphatic heterocycles. The van der Waals surface area contributed by atoms with Crippen molar-refractivity contribution in [3.05, 3.63) is 29.8 Å². The number of nitrogens with one attached hydrogen (secondary N) is 1. The number of anilines is 1. The molecule has 0 unspecified atom stereocenters. The fourth-order valence-corrected chi connectivity index (χ4v) is 2.57. The van der Waals surface area contributed by atoms with Crippen LogP contribution in [0, 0.1) is 0 Å². The van der Waals surface area contributed by atoms with Gasteiger partial charge < -0.3 is 0 Å². The van der Waals surface area contributed by atoms with Gasteiger partial charge in [-0.3, -0.25) is 5.43 Å². The van der Waals surface area contributed by atoms with Gasteiger partial charge in [0.05, 0.1) is 4.21 Å². The highest BCUT2D eigenvalue weighted by atomic mass is 32.2. The van der Waals surface area contributed by atoms with E-state index in [0.29, 0.717) is 5.95 Å². The van der Waals surface area contributed by atoms with E-state index in [-0.39, 0.29) is 0 Å². The molecule has 0 spiro atoms. The van der Waals surface area contributed by atoms with E-state index in [0.717, 1.165) is 5.03 Å². The molecule has 3 N–H and O–H groups in total. The van der Waals surface area contributed by atoms with Crippen molar-refractivity contribution in [3.8, 4) is 0 Å². The van der Waals surface area contributed by atoms with Crippen LogP contribution in [0.5, 0.6) is 0 Å². The van der Waals surface area contributed by atoms with Gasteiger partial charge in [-0.15, -0.1) is 11.3 Å². The van der Waals surface area contributed by atoms with Crippen LogP contribution in [0.15, 0.2) is 39.0 Å². The maximum Gasteiger partial charge on any atom is 0.238 e. The van der Waals surface area contributed by atoms with Crippen molar-refractivity contribution in [2.75, 3.05) is 5.43 Å². The largest absolute Gasteiger partial charge is 0.292 e. The molecular weight excluding hydrogens is 216 g/mol. The SMILES string of the molecule is NNc1nccc(Sc2cccs2)n1. The van der Waals surface area contributed by atoms with E-state index in [1.807, 2.05) is 23.6 Å². The molecule has 0 amide bonds. The summed E-state index contributed by atoms with van der Waals surface area (Å²) in [5, 5.41) is 2.92. The molecule has 2 aromatic heterocycles. The summed E-state index contributed by atoms with van der Waals surface area (Å²) in [4.78, 5) is 8.12. The molecule has 4 nitrogen and oxygen atoms in total. The summed E-state index contributed by atoms with van der Waals surface area (Å²) in [7, 11) is 0. The van der Waals surface area contributed by atoms with Gasteiger partial charge in [-0.1, -0.05) is 17.8 Å². The summed E-state index contributed by atoms with van der Waals surface area (Å²) in [6.45, 7) is 0. The van der Waals surface area contributed by atoms with Gasteiger partial charge in [0.15, 0.2) is 0 Å². The van der Waals surface area contributed by atoms with Crippen molar-refractivity contribution in [1.82, 2.24) is 9.97 Å². The summed E-state index contributed by atoms with van der Waals surface area (Å²) in [5.74, 6) is 5.65. The molecule has 0 bridgehead atoms. The first-order chi connectivity index (χ1) is 6.88. The van der Waals surface area contributed by atoms with Crippen LogP contribution in [0.2, 0.25) is 0 Å². The summed E-state index contributed by atoms with van der Waals surface area (Å²) >= 11 is 3.28. The van der Waals surface area contributed by atoms with Gasteiger partial charge >= 0.3 is 0 Å². The molecule has 14 heavy (non-hydrogen) atoms. The third-order valence-electron chi connectivity index (χ3n) is 1.46. The fourth-order valence-electron chi connectivity index (χ4n) is 0.893. The van der Waals surface area contributed by atoms with E-state index in [4.69, 9.17) is 5.84 Å². The molecule has 0 radical (unpaired) electrons. The van der Waals surface area contributed by atoms with Gasteiger partial charge in [0, 0.05) is 6.20 Å². The van der Waals surface area contributed by atoms with Gasteiger partial charge in [0.25, 0.3) is 0 Å². The van der Waals surface area contributed by atoms with Crippen LogP contribution in [-0.4, -0.2) is 9.97 Å². The Hall–Kier alpha value is -1.11. The number of rotatable bonds is 3. The second-order valence-corrected chi connectivity index (χ2v) is 4.67. The van der Waals surface area contributed by atoms with E-state index in [2.05, 4.69) is 15.4 Å². The lowest BCUT2D eigenvalue weighted by Crippen LogP contribution is -2.10. The Balaban J connectivity index is 2.17. The van der Waals surface area contributed by atoms with E-state index in [1.54, 1.807) is 29.3 Å². The summed E-state index contributed by atoms with van der Waals surface area (Å²) in [6.07, 6.45) is 1.68. The molecule has 0 aliphatic carbocycles. The van der Waals surface area contributed by atoms with Crippen molar-refractivity contribution in [3.63, 3.8) is 0 Å². The molecule has 2 aromatic rings. The van der Waals surface area contributed by atoms with Crippen LogP contribution >= 0.6 is 23.1 Å². The van der Waals surface area contributed by atoms with Crippen molar-refractivity contribution >= 4 is 29.0 Å². The Morgan fingerprint density at radius 2 is 2.36 bits per heavy atom. The van der Waals surface area contributed by atoms with Gasteiger partial charge in [-0.2, -0.15) is 0 Å². The number of nitrogens with two attached hydrogens (primary N) is 1. The van der Waals surface area contributed by atoms with Gasteiger partial charge in [-0.05, 0) is 17.5 Å². The lowest BCUT2D eigenvalue weighted by Gasteiger charge is -2.00. The molecule has 0 atom stereocenters. The standard InChI is InChI=1S/C8H8N4S2/c9-12-8-10-4-3-6(11-8)14-7-2-1-5-13-7/h1-5H,9H2,(H,10,11,12). The van der Waals surface area contributed by atoms with Gasteiger partial charge in [0.2, 0.25) is 5.95 Å². The Bertz CT molecular complexity index is 401. The van der Waals surface area contributed by atoms with Crippen molar-refractivity contribution in [2.45, 2.75) is 9.24 Å². The second-order valence-electron chi connectivity index (χ2n) is 2.40. The predicted octanol–water partition coefficient (Wildman–Crippen LogP) is 1.97. The minimum Gasteiger partial charge on any atom is -0.292 e. The Morgan fingerprint density at radius 3 is 3.07 bits per heavy atom. The highest BCUT2D eigenvalue weighted by Crippen LogP contribution is 2.29. The van der Waals surface area contributed by atoms with Crippen molar-refractivity contribution in [1.29, 1.82) is 0 Å². The zero-order valence-corrected chi connectivity index (χ0v) is 8.81. The van der Waals surface area contributed by atoms with Crippen LogP contribution in [-0.2, 0) is 0 Å².